The van der Waals surface area contributed by atoms with Gasteiger partial charge in [-0.1, -0.05) is 13.0 Å². The molecule has 24 heavy (non-hydrogen) atoms. The van der Waals surface area contributed by atoms with Crippen LogP contribution in [0.5, 0.6) is 0 Å². The molecule has 5 nitrogen and oxygen atoms in total. The number of nitrogens with one attached hydrogen (secondary N) is 1. The highest BCUT2D eigenvalue weighted by Crippen LogP contribution is 2.29. The van der Waals surface area contributed by atoms with E-state index >= 15 is 0 Å². The third-order valence-corrected chi connectivity index (χ3v) is 5.34. The van der Waals surface area contributed by atoms with Crippen LogP contribution in [-0.4, -0.2) is 36.3 Å². The van der Waals surface area contributed by atoms with E-state index in [1.807, 2.05) is 16.3 Å². The second-order valence-electron chi connectivity index (χ2n) is 6.50. The first-order chi connectivity index (χ1) is 11.5. The number of hydrogen-bond acceptors (Lipinski definition) is 4. The molecule has 0 bridgehead atoms. The van der Waals surface area contributed by atoms with E-state index < -0.39 is 0 Å². The molecule has 3 N–H and O–H groups in total. The van der Waals surface area contributed by atoms with Crippen LogP contribution in [-0.2, 0) is 0 Å². The highest BCUT2D eigenvalue weighted by Gasteiger charge is 2.35. The maximum Gasteiger partial charge on any atom is 0.265 e. The van der Waals surface area contributed by atoms with Crippen molar-refractivity contribution in [2.24, 2.45) is 11.1 Å². The number of carbonyl (C=O) groups is 2. The molecule has 1 aromatic heterocycles. The summed E-state index contributed by atoms with van der Waals surface area (Å²) < 4.78 is 0. The van der Waals surface area contributed by atoms with Gasteiger partial charge in [0.2, 0.25) is 0 Å². The van der Waals surface area contributed by atoms with Crippen molar-refractivity contribution in [3.05, 3.63) is 52.2 Å². The molecule has 0 spiro atoms. The number of nitrogens with two attached hydrogens (primary N) is 1. The van der Waals surface area contributed by atoms with Gasteiger partial charge in [0.05, 0.1) is 4.88 Å². The van der Waals surface area contributed by atoms with Gasteiger partial charge in [-0.15, -0.1) is 11.3 Å². The van der Waals surface area contributed by atoms with Crippen LogP contribution in [0.15, 0.2) is 41.8 Å². The fourth-order valence-corrected chi connectivity index (χ4v) is 3.46. The fraction of sp³-hybridized carbons (Fsp3) is 0.333. The summed E-state index contributed by atoms with van der Waals surface area (Å²) in [4.78, 5) is 27.1. The van der Waals surface area contributed by atoms with Gasteiger partial charge >= 0.3 is 0 Å². The molecule has 2 amide bonds. The molecule has 126 valence electrons. The van der Waals surface area contributed by atoms with E-state index in [9.17, 15) is 9.59 Å². The topological polar surface area (TPSA) is 75.4 Å². The smallest absolute Gasteiger partial charge is 0.265 e. The van der Waals surface area contributed by atoms with Gasteiger partial charge in [-0.25, -0.2) is 0 Å². The fourth-order valence-electron chi connectivity index (χ4n) is 2.84. The molecule has 1 fully saturated rings. The van der Waals surface area contributed by atoms with E-state index in [1.54, 1.807) is 30.3 Å². The lowest BCUT2D eigenvalue weighted by Crippen LogP contribution is -2.34. The first-order valence-electron chi connectivity index (χ1n) is 7.95. The van der Waals surface area contributed by atoms with Crippen molar-refractivity contribution in [3.63, 3.8) is 0 Å². The maximum absolute atomic E-state index is 12.6. The van der Waals surface area contributed by atoms with Crippen LogP contribution in [0.25, 0.3) is 0 Å². The van der Waals surface area contributed by atoms with Crippen LogP contribution < -0.4 is 11.1 Å². The molecule has 0 saturated carbocycles. The Labute approximate surface area is 145 Å². The molecule has 1 atom stereocenters. The summed E-state index contributed by atoms with van der Waals surface area (Å²) in [6.45, 7) is 4.14. The highest BCUT2D eigenvalue weighted by molar-refractivity contribution is 7.12. The normalized spacial score (nSPS) is 20.2. The van der Waals surface area contributed by atoms with Gasteiger partial charge in [0.15, 0.2) is 0 Å². The van der Waals surface area contributed by atoms with E-state index in [0.29, 0.717) is 29.2 Å². The number of likely N-dealkylation sites (tertiary alicyclic amines) is 1. The number of thiophene rings is 1. The van der Waals surface area contributed by atoms with Crippen LogP contribution >= 0.6 is 11.3 Å². The standard InChI is InChI=1S/C18H21N3O2S/c1-18(11-19)8-9-21(12-18)17(23)13-4-6-14(7-5-13)20-16(22)15-3-2-10-24-15/h2-7,10H,8-9,11-12,19H2,1H3,(H,20,22). The highest BCUT2D eigenvalue weighted by atomic mass is 32.1. The number of hydrogen-bond donors (Lipinski definition) is 2. The lowest BCUT2D eigenvalue weighted by molar-refractivity contribution is 0.0777. The lowest BCUT2D eigenvalue weighted by Gasteiger charge is -2.22. The van der Waals surface area contributed by atoms with Crippen molar-refractivity contribution >= 4 is 28.8 Å². The van der Waals surface area contributed by atoms with Gasteiger partial charge < -0.3 is 16.0 Å². The van der Waals surface area contributed by atoms with Crippen molar-refractivity contribution in [3.8, 4) is 0 Å². The minimum atomic E-state index is -0.137. The molecule has 1 aliphatic rings. The van der Waals surface area contributed by atoms with E-state index in [4.69, 9.17) is 5.73 Å². The second-order valence-corrected chi connectivity index (χ2v) is 7.45. The van der Waals surface area contributed by atoms with Crippen LogP contribution in [0.3, 0.4) is 0 Å². The van der Waals surface area contributed by atoms with E-state index in [1.165, 1.54) is 11.3 Å². The molecule has 0 radical (unpaired) electrons. The number of anilines is 1. The van der Waals surface area contributed by atoms with Crippen molar-refractivity contribution in [2.45, 2.75) is 13.3 Å². The molecule has 1 aromatic carbocycles. The zero-order valence-electron chi connectivity index (χ0n) is 13.6. The zero-order chi connectivity index (χ0) is 17.2. The van der Waals surface area contributed by atoms with Gasteiger partial charge in [0, 0.05) is 24.3 Å². The quantitative estimate of drug-likeness (QED) is 0.896. The largest absolute Gasteiger partial charge is 0.338 e. The molecule has 1 saturated heterocycles. The van der Waals surface area contributed by atoms with Gasteiger partial charge in [-0.2, -0.15) is 0 Å². The minimum absolute atomic E-state index is 0.0170. The van der Waals surface area contributed by atoms with Crippen LogP contribution in [0.1, 0.15) is 33.4 Å². The summed E-state index contributed by atoms with van der Waals surface area (Å²) >= 11 is 1.39. The summed E-state index contributed by atoms with van der Waals surface area (Å²) in [5, 5.41) is 4.70. The Morgan fingerprint density at radius 2 is 2.04 bits per heavy atom. The van der Waals surface area contributed by atoms with Crippen molar-refractivity contribution < 1.29 is 9.59 Å². The number of benzene rings is 1. The van der Waals surface area contributed by atoms with Gasteiger partial charge in [-0.05, 0) is 54.1 Å². The molecule has 6 heteroatoms. The minimum Gasteiger partial charge on any atom is -0.338 e. The van der Waals surface area contributed by atoms with Gasteiger partial charge in [0.1, 0.15) is 0 Å². The maximum atomic E-state index is 12.6. The summed E-state index contributed by atoms with van der Waals surface area (Å²) in [6, 6.07) is 10.6. The third-order valence-electron chi connectivity index (χ3n) is 4.47. The average Bonchev–Trinajstić information content (AvgIpc) is 3.25. The lowest BCUT2D eigenvalue weighted by atomic mass is 9.90. The van der Waals surface area contributed by atoms with E-state index in [2.05, 4.69) is 12.2 Å². The molecular weight excluding hydrogens is 322 g/mol. The van der Waals surface area contributed by atoms with Gasteiger partial charge in [0.25, 0.3) is 11.8 Å². The predicted molar refractivity (Wildman–Crippen MR) is 96.4 cm³/mol. The van der Waals surface area contributed by atoms with Crippen LogP contribution in [0, 0.1) is 5.41 Å². The van der Waals surface area contributed by atoms with E-state index in [-0.39, 0.29) is 17.2 Å². The number of carbonyl (C=O) groups excluding carboxylic acids is 2. The zero-order valence-corrected chi connectivity index (χ0v) is 14.4. The Balaban J connectivity index is 1.64. The average molecular weight is 343 g/mol. The first kappa shape index (κ1) is 16.7. The molecule has 3 rings (SSSR count). The molecular formula is C18H21N3O2S. The number of amides is 2. The molecule has 1 unspecified atom stereocenters. The molecule has 0 aliphatic carbocycles. The molecule has 1 aliphatic heterocycles. The van der Waals surface area contributed by atoms with Crippen LogP contribution in [0.4, 0.5) is 5.69 Å². The first-order valence-corrected chi connectivity index (χ1v) is 8.83. The number of nitrogens with zero attached hydrogens (tertiary/aromatic N) is 1. The SMILES string of the molecule is CC1(CN)CCN(C(=O)c2ccc(NC(=O)c3cccs3)cc2)C1. The summed E-state index contributed by atoms with van der Waals surface area (Å²) in [6.07, 6.45) is 0.935. The third kappa shape index (κ3) is 3.49. The monoisotopic (exact) mass is 343 g/mol. The Hall–Kier alpha value is -2.18. The second kappa shape index (κ2) is 6.75. The summed E-state index contributed by atoms with van der Waals surface area (Å²) in [7, 11) is 0. The number of rotatable bonds is 4. The van der Waals surface area contributed by atoms with Crippen molar-refractivity contribution in [1.29, 1.82) is 0 Å². The van der Waals surface area contributed by atoms with Gasteiger partial charge in [-0.3, -0.25) is 9.59 Å². The Bertz CT molecular complexity index is 727. The summed E-state index contributed by atoms with van der Waals surface area (Å²) in [5.41, 5.74) is 7.13. The van der Waals surface area contributed by atoms with E-state index in [0.717, 1.165) is 13.0 Å². The Kier molecular flexibility index (Phi) is 4.69. The molecule has 2 aromatic rings. The Morgan fingerprint density at radius 1 is 1.29 bits per heavy atom. The van der Waals surface area contributed by atoms with Crippen molar-refractivity contribution in [1.82, 2.24) is 4.90 Å². The summed E-state index contributed by atoms with van der Waals surface area (Å²) in [5.74, 6) is -0.120. The predicted octanol–water partition coefficient (Wildman–Crippen LogP) is 2.81. The Morgan fingerprint density at radius 3 is 2.62 bits per heavy atom. The molecule has 2 heterocycles. The van der Waals surface area contributed by atoms with Crippen LogP contribution in [0.2, 0.25) is 0 Å². The van der Waals surface area contributed by atoms with Crippen molar-refractivity contribution in [2.75, 3.05) is 25.0 Å².